The molecule has 37 heavy (non-hydrogen) atoms. The molecule has 6 nitrogen and oxygen atoms in total. The van der Waals surface area contributed by atoms with E-state index in [1.165, 1.54) is 5.56 Å². The summed E-state index contributed by atoms with van der Waals surface area (Å²) < 4.78 is 11.2. The summed E-state index contributed by atoms with van der Waals surface area (Å²) >= 11 is 0. The molecule has 2 N–H and O–H groups in total. The van der Waals surface area contributed by atoms with Crippen LogP contribution < -0.4 is 14.8 Å². The Morgan fingerprint density at radius 1 is 1.03 bits per heavy atom. The number of rotatable bonds is 9. The minimum absolute atomic E-state index is 0.0911. The Morgan fingerprint density at radius 3 is 2.62 bits per heavy atom. The first kappa shape index (κ1) is 25.3. The number of fused-ring (bicyclic) bond motifs is 1. The molecule has 2 aliphatic heterocycles. The van der Waals surface area contributed by atoms with Crippen LogP contribution >= 0.6 is 0 Å². The van der Waals surface area contributed by atoms with Crippen LogP contribution in [-0.4, -0.2) is 55.3 Å². The Labute approximate surface area is 219 Å². The van der Waals surface area contributed by atoms with Crippen molar-refractivity contribution in [3.8, 4) is 22.6 Å². The molecule has 3 aromatic rings. The molecule has 5 rings (SSSR count). The molecule has 3 aromatic carbocycles. The zero-order chi connectivity index (χ0) is 25.6. The van der Waals surface area contributed by atoms with Gasteiger partial charge in [0.15, 0.2) is 0 Å². The van der Waals surface area contributed by atoms with Crippen molar-refractivity contribution >= 4 is 5.91 Å². The molecule has 2 aliphatic rings. The van der Waals surface area contributed by atoms with E-state index in [1.54, 1.807) is 7.11 Å². The van der Waals surface area contributed by atoms with Crippen molar-refractivity contribution < 1.29 is 19.4 Å². The number of nitrogens with zero attached hydrogens (tertiary/aromatic N) is 1. The number of carbonyl (C=O) groups is 1. The van der Waals surface area contributed by atoms with Gasteiger partial charge in [0.05, 0.1) is 26.2 Å². The number of aryl methyl sites for hydroxylation is 1. The number of benzene rings is 3. The van der Waals surface area contributed by atoms with E-state index in [-0.39, 0.29) is 12.3 Å². The number of hydrogen-bond donors (Lipinski definition) is 2. The largest absolute Gasteiger partial charge is 0.497 e. The molecule has 1 unspecified atom stereocenters. The number of ether oxygens (including phenoxy) is 2. The van der Waals surface area contributed by atoms with Crippen LogP contribution in [0.25, 0.3) is 11.1 Å². The van der Waals surface area contributed by atoms with Crippen LogP contribution in [0.3, 0.4) is 0 Å². The number of hydrogen-bond acceptors (Lipinski definition) is 5. The van der Waals surface area contributed by atoms with Crippen molar-refractivity contribution in [1.29, 1.82) is 0 Å². The molecule has 194 valence electrons. The lowest BCUT2D eigenvalue weighted by atomic mass is 9.97. The quantitative estimate of drug-likeness (QED) is 0.451. The van der Waals surface area contributed by atoms with Gasteiger partial charge in [-0.1, -0.05) is 48.5 Å². The maximum Gasteiger partial charge on any atom is 0.224 e. The highest BCUT2D eigenvalue weighted by molar-refractivity contribution is 5.79. The van der Waals surface area contributed by atoms with Gasteiger partial charge in [-0.05, 0) is 84.8 Å². The lowest BCUT2D eigenvalue weighted by molar-refractivity contribution is -0.122. The highest BCUT2D eigenvalue weighted by Crippen LogP contribution is 2.30. The fourth-order valence-electron chi connectivity index (χ4n) is 5.30. The summed E-state index contributed by atoms with van der Waals surface area (Å²) in [6, 6.07) is 21.5. The molecule has 0 aliphatic carbocycles. The SMILES string of the molecule is COc1cccc(-c2ccc(CC(=O)N[C@H](CN3CCCC3)C(O)c3ccc4c(c3)OCCC4)cc2)c1. The summed E-state index contributed by atoms with van der Waals surface area (Å²) in [5.41, 5.74) is 5.03. The first-order chi connectivity index (χ1) is 18.1. The van der Waals surface area contributed by atoms with Gasteiger partial charge in [-0.25, -0.2) is 0 Å². The molecule has 2 heterocycles. The molecular formula is C31H36N2O4. The molecule has 0 bridgehead atoms. The standard InChI is InChI=1S/C31H36N2O4/c1-36-27-8-4-6-25(19-27)23-11-9-22(10-12-23)18-30(34)32-28(21-33-15-2-3-16-33)31(35)26-14-13-24-7-5-17-37-29(24)20-26/h4,6,8-14,19-20,28,31,35H,2-3,5,7,15-18,21H2,1H3,(H,32,34)/t28-,31?/m1/s1. The van der Waals surface area contributed by atoms with Gasteiger partial charge < -0.3 is 24.8 Å². The molecular weight excluding hydrogens is 464 g/mol. The first-order valence-corrected chi connectivity index (χ1v) is 13.3. The molecule has 6 heteroatoms. The molecule has 0 radical (unpaired) electrons. The third-order valence-corrected chi connectivity index (χ3v) is 7.38. The summed E-state index contributed by atoms with van der Waals surface area (Å²) in [5, 5.41) is 14.5. The van der Waals surface area contributed by atoms with Crippen LogP contribution in [0, 0.1) is 0 Å². The van der Waals surface area contributed by atoms with Gasteiger partial charge in [0.1, 0.15) is 17.6 Å². The summed E-state index contributed by atoms with van der Waals surface area (Å²) in [6.07, 6.45) is 3.77. The third-order valence-electron chi connectivity index (χ3n) is 7.38. The van der Waals surface area contributed by atoms with E-state index in [1.807, 2.05) is 66.7 Å². The van der Waals surface area contributed by atoms with Gasteiger partial charge in [0, 0.05) is 6.54 Å². The summed E-state index contributed by atoms with van der Waals surface area (Å²) in [7, 11) is 1.66. The van der Waals surface area contributed by atoms with Crippen molar-refractivity contribution in [1.82, 2.24) is 10.2 Å². The molecule has 0 aromatic heterocycles. The van der Waals surface area contributed by atoms with Gasteiger partial charge in [0.25, 0.3) is 0 Å². The number of amides is 1. The number of likely N-dealkylation sites (tertiary alicyclic amines) is 1. The van der Waals surface area contributed by atoms with E-state index in [2.05, 4.69) is 10.2 Å². The molecule has 0 spiro atoms. The lowest BCUT2D eigenvalue weighted by Crippen LogP contribution is -2.47. The van der Waals surface area contributed by atoms with E-state index in [0.717, 1.165) is 72.5 Å². The van der Waals surface area contributed by atoms with E-state index in [4.69, 9.17) is 9.47 Å². The molecule has 2 atom stereocenters. The van der Waals surface area contributed by atoms with Crippen molar-refractivity contribution in [3.05, 3.63) is 83.4 Å². The Bertz CT molecular complexity index is 1200. The van der Waals surface area contributed by atoms with Crippen LogP contribution in [0.2, 0.25) is 0 Å². The smallest absolute Gasteiger partial charge is 0.224 e. The molecule has 0 saturated carbocycles. The van der Waals surface area contributed by atoms with Gasteiger partial charge >= 0.3 is 0 Å². The fraction of sp³-hybridized carbons (Fsp3) is 0.387. The van der Waals surface area contributed by atoms with Crippen molar-refractivity contribution in [2.45, 2.75) is 44.2 Å². The van der Waals surface area contributed by atoms with E-state index in [9.17, 15) is 9.90 Å². The first-order valence-electron chi connectivity index (χ1n) is 13.3. The fourth-order valence-corrected chi connectivity index (χ4v) is 5.30. The monoisotopic (exact) mass is 500 g/mol. The predicted molar refractivity (Wildman–Crippen MR) is 145 cm³/mol. The zero-order valence-electron chi connectivity index (χ0n) is 21.5. The Hall–Kier alpha value is -3.35. The van der Waals surface area contributed by atoms with Crippen molar-refractivity contribution in [2.75, 3.05) is 33.4 Å². The van der Waals surface area contributed by atoms with Gasteiger partial charge in [-0.15, -0.1) is 0 Å². The van der Waals surface area contributed by atoms with Crippen LogP contribution in [0.5, 0.6) is 11.5 Å². The number of nitrogens with one attached hydrogen (secondary N) is 1. The second kappa shape index (κ2) is 11.8. The van der Waals surface area contributed by atoms with Crippen LogP contribution in [0.1, 0.15) is 42.1 Å². The van der Waals surface area contributed by atoms with Gasteiger partial charge in [-0.2, -0.15) is 0 Å². The molecule has 1 saturated heterocycles. The number of aliphatic hydroxyl groups excluding tert-OH is 1. The average Bonchev–Trinajstić information content (AvgIpc) is 3.45. The second-order valence-electron chi connectivity index (χ2n) is 10.1. The highest BCUT2D eigenvalue weighted by Gasteiger charge is 2.27. The van der Waals surface area contributed by atoms with Crippen molar-refractivity contribution in [2.24, 2.45) is 0 Å². The molecule has 1 amide bonds. The van der Waals surface area contributed by atoms with E-state index in [0.29, 0.717) is 13.2 Å². The second-order valence-corrected chi connectivity index (χ2v) is 10.1. The Morgan fingerprint density at radius 2 is 1.84 bits per heavy atom. The Kier molecular flexibility index (Phi) is 8.07. The summed E-state index contributed by atoms with van der Waals surface area (Å²) in [4.78, 5) is 15.4. The van der Waals surface area contributed by atoms with Crippen LogP contribution in [-0.2, 0) is 17.6 Å². The average molecular weight is 501 g/mol. The number of aliphatic hydroxyl groups is 1. The van der Waals surface area contributed by atoms with Crippen LogP contribution in [0.4, 0.5) is 0 Å². The summed E-state index contributed by atoms with van der Waals surface area (Å²) in [6.45, 7) is 3.33. The predicted octanol–water partition coefficient (Wildman–Crippen LogP) is 4.54. The Balaban J connectivity index is 1.27. The maximum atomic E-state index is 13.1. The van der Waals surface area contributed by atoms with E-state index >= 15 is 0 Å². The molecule has 1 fully saturated rings. The highest BCUT2D eigenvalue weighted by atomic mass is 16.5. The zero-order valence-corrected chi connectivity index (χ0v) is 21.5. The number of methoxy groups -OCH3 is 1. The van der Waals surface area contributed by atoms with Crippen LogP contribution in [0.15, 0.2) is 66.7 Å². The van der Waals surface area contributed by atoms with E-state index < -0.39 is 12.1 Å². The maximum absolute atomic E-state index is 13.1. The van der Waals surface area contributed by atoms with Gasteiger partial charge in [0.2, 0.25) is 5.91 Å². The summed E-state index contributed by atoms with van der Waals surface area (Å²) in [5.74, 6) is 1.57. The lowest BCUT2D eigenvalue weighted by Gasteiger charge is -2.29. The normalized spacial score (nSPS) is 16.9. The topological polar surface area (TPSA) is 71.0 Å². The van der Waals surface area contributed by atoms with Crippen molar-refractivity contribution in [3.63, 3.8) is 0 Å². The minimum Gasteiger partial charge on any atom is -0.497 e. The third kappa shape index (κ3) is 6.32. The minimum atomic E-state index is -0.809. The van der Waals surface area contributed by atoms with Gasteiger partial charge in [-0.3, -0.25) is 4.79 Å². The number of carbonyl (C=O) groups excluding carboxylic acids is 1.